The molecule has 0 aliphatic carbocycles. The van der Waals surface area contributed by atoms with Crippen LogP contribution in [0.4, 0.5) is 20.2 Å². The highest BCUT2D eigenvalue weighted by atomic mass is 32.2. The summed E-state index contributed by atoms with van der Waals surface area (Å²) in [7, 11) is 1.65. The van der Waals surface area contributed by atoms with Crippen molar-refractivity contribution in [2.24, 2.45) is 7.05 Å². The van der Waals surface area contributed by atoms with Crippen molar-refractivity contribution >= 4 is 22.6 Å². The van der Waals surface area contributed by atoms with Gasteiger partial charge >= 0.3 is 0 Å². The summed E-state index contributed by atoms with van der Waals surface area (Å²) in [6, 6.07) is 10.2. The zero-order valence-corrected chi connectivity index (χ0v) is 16.6. The van der Waals surface area contributed by atoms with Crippen molar-refractivity contribution in [3.8, 4) is 11.1 Å². The van der Waals surface area contributed by atoms with Crippen LogP contribution >= 0.6 is 0 Å². The van der Waals surface area contributed by atoms with Crippen LogP contribution in [0.15, 0.2) is 58.4 Å². The summed E-state index contributed by atoms with van der Waals surface area (Å²) in [6.45, 7) is 3.54. The zero-order valence-electron chi connectivity index (χ0n) is 15.8. The van der Waals surface area contributed by atoms with Crippen LogP contribution in [0.25, 0.3) is 11.1 Å². The Morgan fingerprint density at radius 2 is 1.82 bits per heavy atom. The summed E-state index contributed by atoms with van der Waals surface area (Å²) in [4.78, 5) is 12.7. The molecule has 0 amide bonds. The van der Waals surface area contributed by atoms with Gasteiger partial charge in [0, 0.05) is 47.8 Å². The quantitative estimate of drug-likeness (QED) is 0.639. The SMILES string of the molecule is CC[S+]([O-])c1ccc(Nc2ccc(F)cc2F)c(-c2cc(C)c(=O)n(C)c2)c1. The number of halogens is 2. The molecule has 0 saturated heterocycles. The minimum Gasteiger partial charge on any atom is -0.611 e. The average Bonchev–Trinajstić information content (AvgIpc) is 2.67. The Hall–Kier alpha value is -2.64. The first-order valence-corrected chi connectivity index (χ1v) is 10.0. The fourth-order valence-corrected chi connectivity index (χ4v) is 3.74. The Kier molecular flexibility index (Phi) is 5.86. The molecule has 7 heteroatoms. The van der Waals surface area contributed by atoms with Gasteiger partial charge in [0.15, 0.2) is 4.90 Å². The van der Waals surface area contributed by atoms with Crippen LogP contribution in [0, 0.1) is 18.6 Å². The Labute approximate surface area is 165 Å². The third-order valence-electron chi connectivity index (χ3n) is 4.39. The first-order chi connectivity index (χ1) is 13.3. The van der Waals surface area contributed by atoms with Crippen LogP contribution in [-0.2, 0) is 18.2 Å². The number of aryl methyl sites for hydroxylation is 2. The van der Waals surface area contributed by atoms with Crippen molar-refractivity contribution in [3.05, 3.63) is 76.2 Å². The Morgan fingerprint density at radius 3 is 2.46 bits per heavy atom. The minimum absolute atomic E-state index is 0.115. The molecule has 0 aliphatic heterocycles. The van der Waals surface area contributed by atoms with Gasteiger partial charge in [0.25, 0.3) is 5.56 Å². The molecule has 0 radical (unpaired) electrons. The van der Waals surface area contributed by atoms with Gasteiger partial charge in [-0.1, -0.05) is 0 Å². The lowest BCUT2D eigenvalue weighted by molar-refractivity contribution is 0.586. The lowest BCUT2D eigenvalue weighted by Gasteiger charge is -2.16. The topological polar surface area (TPSA) is 57.1 Å². The molecule has 146 valence electrons. The molecule has 1 unspecified atom stereocenters. The van der Waals surface area contributed by atoms with Crippen molar-refractivity contribution in [2.75, 3.05) is 11.1 Å². The number of nitrogens with one attached hydrogen (secondary N) is 1. The summed E-state index contributed by atoms with van der Waals surface area (Å²) in [6.07, 6.45) is 1.68. The Balaban J connectivity index is 2.15. The van der Waals surface area contributed by atoms with E-state index in [-0.39, 0.29) is 11.2 Å². The minimum atomic E-state index is -1.17. The number of hydrogen-bond donors (Lipinski definition) is 1. The third kappa shape index (κ3) is 4.10. The number of aromatic nitrogens is 1. The molecule has 1 heterocycles. The van der Waals surface area contributed by atoms with Gasteiger partial charge in [-0.05, 0) is 55.4 Å². The van der Waals surface area contributed by atoms with E-state index in [9.17, 15) is 18.1 Å². The number of nitrogens with zero attached hydrogens (tertiary/aromatic N) is 1. The molecular formula is C21H20F2N2O2S. The molecule has 0 aliphatic rings. The van der Waals surface area contributed by atoms with Crippen molar-refractivity contribution < 1.29 is 13.3 Å². The molecule has 3 aromatic rings. The average molecular weight is 402 g/mol. The first-order valence-electron chi connectivity index (χ1n) is 8.72. The van der Waals surface area contributed by atoms with Gasteiger partial charge in [-0.25, -0.2) is 8.78 Å². The maximum atomic E-state index is 14.1. The van der Waals surface area contributed by atoms with Gasteiger partial charge in [0.05, 0.1) is 5.69 Å². The molecule has 0 saturated carbocycles. The second-order valence-corrected chi connectivity index (χ2v) is 8.16. The van der Waals surface area contributed by atoms with E-state index in [1.54, 1.807) is 44.4 Å². The highest BCUT2D eigenvalue weighted by Gasteiger charge is 2.16. The van der Waals surface area contributed by atoms with Crippen LogP contribution in [-0.4, -0.2) is 14.9 Å². The van der Waals surface area contributed by atoms with Crippen LogP contribution in [0.2, 0.25) is 0 Å². The monoisotopic (exact) mass is 402 g/mol. The molecule has 1 N–H and O–H groups in total. The second kappa shape index (κ2) is 8.16. The number of anilines is 2. The first kappa shape index (κ1) is 20.1. The van der Waals surface area contributed by atoms with Gasteiger partial charge in [0.1, 0.15) is 17.4 Å². The number of rotatable bonds is 5. The smallest absolute Gasteiger partial charge is 0.253 e. The van der Waals surface area contributed by atoms with Gasteiger partial charge in [-0.2, -0.15) is 0 Å². The van der Waals surface area contributed by atoms with Crippen molar-refractivity contribution in [3.63, 3.8) is 0 Å². The number of benzene rings is 2. The lowest BCUT2D eigenvalue weighted by atomic mass is 10.0. The fraction of sp³-hybridized carbons (Fsp3) is 0.190. The molecule has 1 aromatic heterocycles. The maximum absolute atomic E-state index is 14.1. The summed E-state index contributed by atoms with van der Waals surface area (Å²) in [5, 5.41) is 2.98. The number of pyridine rings is 1. The van der Waals surface area contributed by atoms with E-state index in [1.807, 2.05) is 6.92 Å². The molecule has 4 nitrogen and oxygen atoms in total. The fourth-order valence-electron chi connectivity index (χ4n) is 2.94. The Morgan fingerprint density at radius 1 is 1.11 bits per heavy atom. The normalized spacial score (nSPS) is 12.1. The van der Waals surface area contributed by atoms with Gasteiger partial charge in [0.2, 0.25) is 0 Å². The van der Waals surface area contributed by atoms with E-state index in [0.29, 0.717) is 27.5 Å². The van der Waals surface area contributed by atoms with Crippen molar-refractivity contribution in [2.45, 2.75) is 18.7 Å². The third-order valence-corrected chi connectivity index (χ3v) is 5.69. The van der Waals surface area contributed by atoms with E-state index in [4.69, 9.17) is 0 Å². The number of hydrogen-bond acceptors (Lipinski definition) is 3. The summed E-state index contributed by atoms with van der Waals surface area (Å²) in [5.41, 5.74) is 2.51. The Bertz CT molecular complexity index is 1060. The summed E-state index contributed by atoms with van der Waals surface area (Å²) < 4.78 is 41.1. The van der Waals surface area contributed by atoms with Crippen LogP contribution < -0.4 is 10.9 Å². The van der Waals surface area contributed by atoms with E-state index in [2.05, 4.69) is 5.32 Å². The van der Waals surface area contributed by atoms with Crippen molar-refractivity contribution in [1.29, 1.82) is 0 Å². The molecule has 0 fully saturated rings. The molecule has 0 bridgehead atoms. The highest BCUT2D eigenvalue weighted by Crippen LogP contribution is 2.33. The van der Waals surface area contributed by atoms with E-state index in [1.165, 1.54) is 16.7 Å². The molecule has 1 atom stereocenters. The van der Waals surface area contributed by atoms with Crippen LogP contribution in [0.3, 0.4) is 0 Å². The van der Waals surface area contributed by atoms with Crippen molar-refractivity contribution in [1.82, 2.24) is 4.57 Å². The predicted octanol–water partition coefficient (Wildman–Crippen LogP) is 4.51. The zero-order chi connectivity index (χ0) is 20.4. The van der Waals surface area contributed by atoms with Crippen LogP contribution in [0.5, 0.6) is 0 Å². The van der Waals surface area contributed by atoms with E-state index >= 15 is 0 Å². The van der Waals surface area contributed by atoms with Gasteiger partial charge in [-0.15, -0.1) is 0 Å². The molecule has 2 aromatic carbocycles. The summed E-state index contributed by atoms with van der Waals surface area (Å²) in [5.74, 6) is -0.917. The standard InChI is InChI=1S/C21H20F2N2O2S/c1-4-28(27)16-6-8-19(24-20-7-5-15(22)10-18(20)23)17(11-16)14-9-13(2)21(26)25(3)12-14/h5-12,24H,4H2,1-3H3. The van der Waals surface area contributed by atoms with Gasteiger partial charge < -0.3 is 14.4 Å². The van der Waals surface area contributed by atoms with Crippen LogP contribution in [0.1, 0.15) is 12.5 Å². The largest absolute Gasteiger partial charge is 0.611 e. The molecular weight excluding hydrogens is 382 g/mol. The molecule has 28 heavy (non-hydrogen) atoms. The molecule has 3 rings (SSSR count). The predicted molar refractivity (Wildman–Crippen MR) is 108 cm³/mol. The lowest BCUT2D eigenvalue weighted by Crippen LogP contribution is -2.18. The van der Waals surface area contributed by atoms with E-state index in [0.717, 1.165) is 11.6 Å². The van der Waals surface area contributed by atoms with E-state index < -0.39 is 22.8 Å². The summed E-state index contributed by atoms with van der Waals surface area (Å²) >= 11 is -1.17. The maximum Gasteiger partial charge on any atom is 0.253 e. The highest BCUT2D eigenvalue weighted by molar-refractivity contribution is 7.91. The second-order valence-electron chi connectivity index (χ2n) is 6.42. The molecule has 0 spiro atoms. The van der Waals surface area contributed by atoms with Gasteiger partial charge in [-0.3, -0.25) is 4.79 Å².